The lowest BCUT2D eigenvalue weighted by Crippen LogP contribution is -2.41. The molecule has 0 aliphatic heterocycles. The molecular formula is C14H23N3O. The number of unbranched alkanes of at least 4 members (excludes halogenated alkanes) is 1. The second-order valence-corrected chi connectivity index (χ2v) is 4.33. The Hall–Kier alpha value is -1.71. The van der Waals surface area contributed by atoms with E-state index < -0.39 is 0 Å². The predicted molar refractivity (Wildman–Crippen MR) is 76.8 cm³/mol. The van der Waals surface area contributed by atoms with E-state index in [1.54, 1.807) is 4.90 Å². The van der Waals surface area contributed by atoms with E-state index in [9.17, 15) is 4.79 Å². The van der Waals surface area contributed by atoms with E-state index >= 15 is 0 Å². The highest BCUT2D eigenvalue weighted by Gasteiger charge is 2.13. The molecule has 0 saturated heterocycles. The summed E-state index contributed by atoms with van der Waals surface area (Å²) in [6.07, 6.45) is 2.99. The predicted octanol–water partition coefficient (Wildman–Crippen LogP) is 2.99. The van der Waals surface area contributed by atoms with Gasteiger partial charge in [0.25, 0.3) is 0 Å². The molecule has 18 heavy (non-hydrogen) atoms. The number of nitrogen functional groups attached to an aromatic ring is 1. The first-order valence-electron chi connectivity index (χ1n) is 6.60. The normalized spacial score (nSPS) is 10.1. The molecule has 0 spiro atoms. The molecule has 0 atom stereocenters. The first-order valence-corrected chi connectivity index (χ1v) is 6.60. The third-order valence-corrected chi connectivity index (χ3v) is 2.68. The molecule has 0 aliphatic rings. The number of hydrogen-bond donors (Lipinski definition) is 2. The summed E-state index contributed by atoms with van der Waals surface area (Å²) in [4.78, 5) is 13.8. The van der Waals surface area contributed by atoms with E-state index in [0.29, 0.717) is 12.2 Å². The minimum absolute atomic E-state index is 0.0455. The molecule has 1 rings (SSSR count). The number of carbonyl (C=O) groups is 1. The van der Waals surface area contributed by atoms with E-state index in [-0.39, 0.29) is 6.03 Å². The van der Waals surface area contributed by atoms with Gasteiger partial charge in [0.05, 0.1) is 0 Å². The van der Waals surface area contributed by atoms with Gasteiger partial charge in [0, 0.05) is 24.5 Å². The van der Waals surface area contributed by atoms with Crippen molar-refractivity contribution in [3.05, 3.63) is 24.3 Å². The van der Waals surface area contributed by atoms with Gasteiger partial charge in [0.2, 0.25) is 0 Å². The van der Waals surface area contributed by atoms with Gasteiger partial charge in [-0.25, -0.2) is 4.79 Å². The summed E-state index contributed by atoms with van der Waals surface area (Å²) in [6, 6.07) is 7.38. The van der Waals surface area contributed by atoms with Gasteiger partial charge in [0.1, 0.15) is 0 Å². The highest BCUT2D eigenvalue weighted by atomic mass is 16.2. The van der Waals surface area contributed by atoms with Gasteiger partial charge in [-0.15, -0.1) is 0 Å². The maximum Gasteiger partial charge on any atom is 0.321 e. The zero-order valence-corrected chi connectivity index (χ0v) is 11.3. The summed E-state index contributed by atoms with van der Waals surface area (Å²) in [6.45, 7) is 5.58. The standard InChI is InChI=1S/C14H23N3O/c1-3-5-9-16-14(18)17(10-4-2)13-8-6-7-12(15)11-13/h6-8,11H,3-5,9-10,15H2,1-2H3,(H,16,18). The Morgan fingerprint density at radius 1 is 1.33 bits per heavy atom. The summed E-state index contributed by atoms with van der Waals surface area (Å²) >= 11 is 0. The van der Waals surface area contributed by atoms with Crippen LogP contribution in [-0.4, -0.2) is 19.1 Å². The zero-order chi connectivity index (χ0) is 13.4. The van der Waals surface area contributed by atoms with E-state index in [4.69, 9.17) is 5.73 Å². The number of nitrogens with zero attached hydrogens (tertiary/aromatic N) is 1. The van der Waals surface area contributed by atoms with Crippen molar-refractivity contribution in [1.82, 2.24) is 5.32 Å². The van der Waals surface area contributed by atoms with E-state index in [2.05, 4.69) is 19.2 Å². The highest BCUT2D eigenvalue weighted by Crippen LogP contribution is 2.17. The van der Waals surface area contributed by atoms with Gasteiger partial charge in [-0.3, -0.25) is 4.90 Å². The Morgan fingerprint density at radius 2 is 2.11 bits per heavy atom. The third-order valence-electron chi connectivity index (χ3n) is 2.68. The molecule has 0 fully saturated rings. The number of rotatable bonds is 6. The molecule has 0 radical (unpaired) electrons. The summed E-state index contributed by atoms with van der Waals surface area (Å²) in [5, 5.41) is 2.93. The smallest absolute Gasteiger partial charge is 0.321 e. The molecule has 4 nitrogen and oxygen atoms in total. The fourth-order valence-electron chi connectivity index (χ4n) is 1.73. The minimum Gasteiger partial charge on any atom is -0.399 e. The van der Waals surface area contributed by atoms with Gasteiger partial charge in [-0.1, -0.05) is 26.3 Å². The molecule has 1 aromatic carbocycles. The minimum atomic E-state index is -0.0455. The Balaban J connectivity index is 2.72. The summed E-state index contributed by atoms with van der Waals surface area (Å²) in [5.74, 6) is 0. The molecule has 100 valence electrons. The van der Waals surface area contributed by atoms with Crippen molar-refractivity contribution in [3.63, 3.8) is 0 Å². The Bertz CT molecular complexity index is 379. The average Bonchev–Trinajstić information content (AvgIpc) is 2.36. The lowest BCUT2D eigenvalue weighted by Gasteiger charge is -2.23. The molecule has 0 unspecified atom stereocenters. The second-order valence-electron chi connectivity index (χ2n) is 4.33. The van der Waals surface area contributed by atoms with Crippen LogP contribution in [0, 0.1) is 0 Å². The molecule has 0 aliphatic carbocycles. The van der Waals surface area contributed by atoms with Crippen molar-refractivity contribution < 1.29 is 4.79 Å². The molecule has 3 N–H and O–H groups in total. The van der Waals surface area contributed by atoms with Crippen LogP contribution in [-0.2, 0) is 0 Å². The van der Waals surface area contributed by atoms with Gasteiger partial charge >= 0.3 is 6.03 Å². The zero-order valence-electron chi connectivity index (χ0n) is 11.3. The SMILES string of the molecule is CCCCNC(=O)N(CCC)c1cccc(N)c1. The molecule has 0 saturated carbocycles. The second kappa shape index (κ2) is 7.58. The first-order chi connectivity index (χ1) is 8.69. The summed E-state index contributed by atoms with van der Waals surface area (Å²) in [7, 11) is 0. The largest absolute Gasteiger partial charge is 0.399 e. The van der Waals surface area contributed by atoms with Crippen LogP contribution in [0.25, 0.3) is 0 Å². The summed E-state index contributed by atoms with van der Waals surface area (Å²) < 4.78 is 0. The topological polar surface area (TPSA) is 58.4 Å². The molecule has 0 heterocycles. The van der Waals surface area contributed by atoms with Gasteiger partial charge in [-0.05, 0) is 31.0 Å². The third kappa shape index (κ3) is 4.28. The highest BCUT2D eigenvalue weighted by molar-refractivity contribution is 5.92. The van der Waals surface area contributed by atoms with Crippen molar-refractivity contribution in [2.24, 2.45) is 0 Å². The van der Waals surface area contributed by atoms with Gasteiger partial charge < -0.3 is 11.1 Å². The van der Waals surface area contributed by atoms with Crippen LogP contribution in [0.1, 0.15) is 33.1 Å². The van der Waals surface area contributed by atoms with Crippen LogP contribution in [0.2, 0.25) is 0 Å². The van der Waals surface area contributed by atoms with Crippen LogP contribution < -0.4 is 16.0 Å². The molecule has 4 heteroatoms. The van der Waals surface area contributed by atoms with Crippen molar-refractivity contribution >= 4 is 17.4 Å². The number of nitrogens with two attached hydrogens (primary N) is 1. The van der Waals surface area contributed by atoms with E-state index in [1.807, 2.05) is 24.3 Å². The van der Waals surface area contributed by atoms with Crippen LogP contribution in [0.3, 0.4) is 0 Å². The monoisotopic (exact) mass is 249 g/mol. The van der Waals surface area contributed by atoms with Crippen molar-refractivity contribution in [1.29, 1.82) is 0 Å². The van der Waals surface area contributed by atoms with Crippen LogP contribution in [0.5, 0.6) is 0 Å². The molecular weight excluding hydrogens is 226 g/mol. The van der Waals surface area contributed by atoms with Crippen LogP contribution >= 0.6 is 0 Å². The quantitative estimate of drug-likeness (QED) is 0.601. The summed E-state index contributed by atoms with van der Waals surface area (Å²) in [5.41, 5.74) is 7.28. The number of anilines is 2. The van der Waals surface area contributed by atoms with Gasteiger partial charge in [0.15, 0.2) is 0 Å². The van der Waals surface area contributed by atoms with E-state index in [1.165, 1.54) is 0 Å². The number of benzene rings is 1. The van der Waals surface area contributed by atoms with Crippen molar-refractivity contribution in [2.75, 3.05) is 23.7 Å². The average molecular weight is 249 g/mol. The number of urea groups is 1. The molecule has 1 aromatic rings. The van der Waals surface area contributed by atoms with Crippen LogP contribution in [0.15, 0.2) is 24.3 Å². The lowest BCUT2D eigenvalue weighted by molar-refractivity contribution is 0.246. The fourth-order valence-corrected chi connectivity index (χ4v) is 1.73. The number of carbonyl (C=O) groups excluding carboxylic acids is 1. The van der Waals surface area contributed by atoms with Crippen molar-refractivity contribution in [3.8, 4) is 0 Å². The lowest BCUT2D eigenvalue weighted by atomic mass is 10.2. The first kappa shape index (κ1) is 14.4. The Morgan fingerprint density at radius 3 is 2.72 bits per heavy atom. The maximum atomic E-state index is 12.1. The molecule has 2 amide bonds. The Kier molecular flexibility index (Phi) is 6.05. The van der Waals surface area contributed by atoms with Gasteiger partial charge in [-0.2, -0.15) is 0 Å². The number of amides is 2. The maximum absolute atomic E-state index is 12.1. The molecule has 0 aromatic heterocycles. The van der Waals surface area contributed by atoms with Crippen molar-refractivity contribution in [2.45, 2.75) is 33.1 Å². The van der Waals surface area contributed by atoms with E-state index in [0.717, 1.165) is 31.5 Å². The Labute approximate surface area is 109 Å². The number of hydrogen-bond acceptors (Lipinski definition) is 2. The number of nitrogens with one attached hydrogen (secondary N) is 1. The molecule has 0 bridgehead atoms. The fraction of sp³-hybridized carbons (Fsp3) is 0.500. The van der Waals surface area contributed by atoms with Crippen LogP contribution in [0.4, 0.5) is 16.2 Å².